The molecule has 0 aliphatic carbocycles. The maximum Gasteiger partial charge on any atom is 0.281 e. The van der Waals surface area contributed by atoms with Crippen LogP contribution in [0.5, 0.6) is 0 Å². The van der Waals surface area contributed by atoms with Gasteiger partial charge in [-0.3, -0.25) is 14.7 Å². The molecule has 6 heteroatoms. The molecule has 0 unspecified atom stereocenters. The monoisotopic (exact) mass is 472 g/mol. The van der Waals surface area contributed by atoms with Crippen LogP contribution in [0.15, 0.2) is 131 Å². The van der Waals surface area contributed by atoms with E-state index in [1.807, 2.05) is 97.9 Å². The van der Waals surface area contributed by atoms with Gasteiger partial charge in [0.15, 0.2) is 0 Å². The SMILES string of the molecule is Cc1[nH]n(-c2ccccc2)c(=O)c1C=CC=C/C=C1\C(=O)N(c2ccccc2)N=C1c1ccccc1. The van der Waals surface area contributed by atoms with E-state index in [1.165, 1.54) is 9.69 Å². The quantitative estimate of drug-likeness (QED) is 0.301. The summed E-state index contributed by atoms with van der Waals surface area (Å²) >= 11 is 0. The standard InChI is InChI=1S/C30H24N4O2/c1-22-26(29(35)33(31-22)24-16-8-3-9-17-24)20-12-5-13-21-27-28(23-14-6-2-7-15-23)32-34(30(27)36)25-18-10-4-11-19-25/h2-21,31H,1H3/b13-5?,20-12?,27-21-. The van der Waals surface area contributed by atoms with Crippen molar-refractivity contribution < 1.29 is 4.79 Å². The molecule has 0 fully saturated rings. The highest BCUT2D eigenvalue weighted by atomic mass is 16.2. The second kappa shape index (κ2) is 10.1. The average molecular weight is 473 g/mol. The fraction of sp³-hybridized carbons (Fsp3) is 0.0333. The van der Waals surface area contributed by atoms with Crippen LogP contribution in [-0.2, 0) is 4.79 Å². The molecule has 5 rings (SSSR count). The largest absolute Gasteiger partial charge is 0.295 e. The molecule has 1 amide bonds. The first kappa shape index (κ1) is 22.8. The van der Waals surface area contributed by atoms with Crippen LogP contribution in [-0.4, -0.2) is 21.4 Å². The molecule has 1 aliphatic heterocycles. The molecule has 4 aromatic rings. The zero-order chi connectivity index (χ0) is 24.9. The molecular formula is C30H24N4O2. The molecule has 0 radical (unpaired) electrons. The average Bonchev–Trinajstić information content (AvgIpc) is 3.40. The first-order chi connectivity index (χ1) is 17.6. The number of nitrogens with one attached hydrogen (secondary N) is 1. The van der Waals surface area contributed by atoms with E-state index in [2.05, 4.69) is 10.2 Å². The summed E-state index contributed by atoms with van der Waals surface area (Å²) in [5.41, 5.74) is 4.70. The Bertz CT molecular complexity index is 1560. The van der Waals surface area contributed by atoms with Crippen LogP contribution in [0.2, 0.25) is 0 Å². The molecule has 36 heavy (non-hydrogen) atoms. The molecule has 0 saturated heterocycles. The molecule has 0 bridgehead atoms. The summed E-state index contributed by atoms with van der Waals surface area (Å²) in [6, 6.07) is 28.4. The van der Waals surface area contributed by atoms with Gasteiger partial charge >= 0.3 is 0 Å². The van der Waals surface area contributed by atoms with Gasteiger partial charge in [0.25, 0.3) is 11.5 Å². The van der Waals surface area contributed by atoms with Gasteiger partial charge in [-0.05, 0) is 43.3 Å². The fourth-order valence-corrected chi connectivity index (χ4v) is 4.00. The van der Waals surface area contributed by atoms with Crippen molar-refractivity contribution in [3.05, 3.63) is 148 Å². The van der Waals surface area contributed by atoms with E-state index < -0.39 is 0 Å². The highest BCUT2D eigenvalue weighted by Gasteiger charge is 2.31. The highest BCUT2D eigenvalue weighted by Crippen LogP contribution is 2.26. The lowest BCUT2D eigenvalue weighted by molar-refractivity contribution is -0.114. The Morgan fingerprint density at radius 2 is 1.36 bits per heavy atom. The number of carbonyl (C=O) groups excluding carboxylic acids is 1. The topological polar surface area (TPSA) is 70.5 Å². The number of aromatic amines is 1. The van der Waals surface area contributed by atoms with Crippen molar-refractivity contribution in [3.8, 4) is 5.69 Å². The summed E-state index contributed by atoms with van der Waals surface area (Å²) in [5.74, 6) is -0.194. The van der Waals surface area contributed by atoms with Crippen molar-refractivity contribution in [2.75, 3.05) is 5.01 Å². The van der Waals surface area contributed by atoms with E-state index >= 15 is 0 Å². The first-order valence-corrected chi connectivity index (χ1v) is 11.6. The second-order valence-corrected chi connectivity index (χ2v) is 8.22. The van der Waals surface area contributed by atoms with Crippen molar-refractivity contribution >= 4 is 23.4 Å². The van der Waals surface area contributed by atoms with Gasteiger partial charge in [-0.25, -0.2) is 4.68 Å². The van der Waals surface area contributed by atoms with Gasteiger partial charge < -0.3 is 0 Å². The number of H-pyrrole nitrogens is 1. The van der Waals surface area contributed by atoms with Gasteiger partial charge in [0.05, 0.1) is 22.5 Å². The summed E-state index contributed by atoms with van der Waals surface area (Å²) in [4.78, 5) is 26.1. The predicted molar refractivity (Wildman–Crippen MR) is 144 cm³/mol. The molecule has 0 saturated carbocycles. The minimum atomic E-state index is -0.194. The summed E-state index contributed by atoms with van der Waals surface area (Å²) in [6.07, 6.45) is 8.90. The van der Waals surface area contributed by atoms with Crippen LogP contribution >= 0.6 is 0 Å². The van der Waals surface area contributed by atoms with Crippen molar-refractivity contribution in [2.24, 2.45) is 5.10 Å². The number of allylic oxidation sites excluding steroid dienone is 4. The third-order valence-corrected chi connectivity index (χ3v) is 5.81. The van der Waals surface area contributed by atoms with Crippen LogP contribution in [0, 0.1) is 6.92 Å². The minimum Gasteiger partial charge on any atom is -0.295 e. The Morgan fingerprint density at radius 3 is 2.03 bits per heavy atom. The molecule has 176 valence electrons. The molecular weight excluding hydrogens is 448 g/mol. The first-order valence-electron chi connectivity index (χ1n) is 11.6. The Labute approximate surface area is 208 Å². The maximum absolute atomic E-state index is 13.2. The molecule has 6 nitrogen and oxygen atoms in total. The zero-order valence-electron chi connectivity index (χ0n) is 19.7. The summed E-state index contributed by atoms with van der Waals surface area (Å²) in [6.45, 7) is 1.87. The van der Waals surface area contributed by atoms with Gasteiger partial charge in [0.2, 0.25) is 0 Å². The van der Waals surface area contributed by atoms with Gasteiger partial charge in [-0.15, -0.1) is 0 Å². The number of hydrazone groups is 1. The minimum absolute atomic E-state index is 0.121. The summed E-state index contributed by atoms with van der Waals surface area (Å²) in [5, 5.41) is 9.16. The van der Waals surface area contributed by atoms with Crippen LogP contribution in [0.1, 0.15) is 16.8 Å². The van der Waals surface area contributed by atoms with Crippen LogP contribution in [0.3, 0.4) is 0 Å². The van der Waals surface area contributed by atoms with E-state index in [1.54, 1.807) is 30.4 Å². The number of hydrogen-bond donors (Lipinski definition) is 1. The van der Waals surface area contributed by atoms with Crippen LogP contribution in [0.25, 0.3) is 11.8 Å². The molecule has 0 spiro atoms. The number of nitrogens with zero attached hydrogens (tertiary/aromatic N) is 3. The molecule has 2 heterocycles. The Kier molecular flexibility index (Phi) is 6.40. The van der Waals surface area contributed by atoms with Gasteiger partial charge in [-0.1, -0.05) is 85.0 Å². The predicted octanol–water partition coefficient (Wildman–Crippen LogP) is 5.42. The van der Waals surface area contributed by atoms with E-state index in [-0.39, 0.29) is 11.5 Å². The van der Waals surface area contributed by atoms with Crippen LogP contribution < -0.4 is 10.6 Å². The van der Waals surface area contributed by atoms with E-state index in [9.17, 15) is 9.59 Å². The van der Waals surface area contributed by atoms with E-state index in [0.717, 1.165) is 16.9 Å². The molecule has 1 N–H and O–H groups in total. The number of para-hydroxylation sites is 2. The fourth-order valence-electron chi connectivity index (χ4n) is 4.00. The van der Waals surface area contributed by atoms with Crippen molar-refractivity contribution in [2.45, 2.75) is 6.92 Å². The van der Waals surface area contributed by atoms with Crippen molar-refractivity contribution in [1.29, 1.82) is 0 Å². The number of amides is 1. The lowest BCUT2D eigenvalue weighted by Gasteiger charge is -2.10. The highest BCUT2D eigenvalue weighted by molar-refractivity contribution is 6.35. The smallest absolute Gasteiger partial charge is 0.281 e. The van der Waals surface area contributed by atoms with Crippen molar-refractivity contribution in [3.63, 3.8) is 0 Å². The number of aryl methyl sites for hydroxylation is 1. The summed E-state index contributed by atoms with van der Waals surface area (Å²) < 4.78 is 1.53. The maximum atomic E-state index is 13.2. The van der Waals surface area contributed by atoms with Crippen LogP contribution in [0.4, 0.5) is 5.69 Å². The van der Waals surface area contributed by atoms with E-state index in [4.69, 9.17) is 0 Å². The van der Waals surface area contributed by atoms with E-state index in [0.29, 0.717) is 22.5 Å². The number of hydrogen-bond acceptors (Lipinski definition) is 3. The van der Waals surface area contributed by atoms with Gasteiger partial charge in [-0.2, -0.15) is 10.1 Å². The van der Waals surface area contributed by atoms with Gasteiger partial charge in [0.1, 0.15) is 5.71 Å². The number of benzene rings is 3. The number of anilines is 1. The second-order valence-electron chi connectivity index (χ2n) is 8.22. The Morgan fingerprint density at radius 1 is 0.750 bits per heavy atom. The molecule has 1 aliphatic rings. The lowest BCUT2D eigenvalue weighted by Crippen LogP contribution is -2.21. The normalized spacial score (nSPS) is 14.9. The van der Waals surface area contributed by atoms with Crippen molar-refractivity contribution in [1.82, 2.24) is 9.78 Å². The molecule has 1 aromatic heterocycles. The number of aromatic nitrogens is 2. The zero-order valence-corrected chi connectivity index (χ0v) is 19.7. The third-order valence-electron chi connectivity index (χ3n) is 5.81. The number of rotatable bonds is 6. The Hall–Kier alpha value is -4.97. The molecule has 0 atom stereocenters. The van der Waals surface area contributed by atoms with Gasteiger partial charge in [0, 0.05) is 11.3 Å². The lowest BCUT2D eigenvalue weighted by atomic mass is 10.0. The third kappa shape index (κ3) is 4.52. The Balaban J connectivity index is 1.41. The molecule has 3 aromatic carbocycles. The number of carbonyl (C=O) groups is 1. The summed E-state index contributed by atoms with van der Waals surface area (Å²) in [7, 11) is 0.